The van der Waals surface area contributed by atoms with Crippen LogP contribution in [0.15, 0.2) is 53.6 Å². The van der Waals surface area contributed by atoms with Crippen LogP contribution in [0.1, 0.15) is 40.0 Å². The smallest absolute Gasteiger partial charge is 0.267 e. The number of nitro groups is 1. The minimum atomic E-state index is -0.458. The summed E-state index contributed by atoms with van der Waals surface area (Å²) in [7, 11) is 0. The van der Waals surface area contributed by atoms with Gasteiger partial charge in [0.1, 0.15) is 0 Å². The molecule has 0 bridgehead atoms. The Morgan fingerprint density at radius 2 is 1.86 bits per heavy atom. The molecule has 3 aromatic rings. The number of para-hydroxylation sites is 1. The first-order valence-corrected chi connectivity index (χ1v) is 9.12. The summed E-state index contributed by atoms with van der Waals surface area (Å²) in [6.07, 6.45) is 5.31. The van der Waals surface area contributed by atoms with Crippen LogP contribution in [0.2, 0.25) is 0 Å². The summed E-state index contributed by atoms with van der Waals surface area (Å²) >= 11 is 0. The number of hydrogen-bond donors (Lipinski definition) is 1. The van der Waals surface area contributed by atoms with Crippen LogP contribution in [0.25, 0.3) is 10.9 Å². The van der Waals surface area contributed by atoms with E-state index in [9.17, 15) is 14.9 Å². The van der Waals surface area contributed by atoms with Gasteiger partial charge in [-0.1, -0.05) is 18.2 Å². The lowest BCUT2D eigenvalue weighted by Gasteiger charge is -2.19. The number of carbonyl (C=O) groups is 1. The van der Waals surface area contributed by atoms with E-state index in [-0.39, 0.29) is 11.6 Å². The molecule has 0 atom stereocenters. The fourth-order valence-corrected chi connectivity index (χ4v) is 3.54. The zero-order chi connectivity index (χ0) is 19.5. The lowest BCUT2D eigenvalue weighted by molar-refractivity contribution is -0.384. The number of hydrazone groups is 1. The Labute approximate surface area is 161 Å². The topological polar surface area (TPSA) is 97.5 Å². The minimum Gasteiger partial charge on any atom is -0.267 e. The maximum Gasteiger partial charge on any atom is 0.272 e. The Morgan fingerprint density at radius 1 is 1.11 bits per heavy atom. The molecule has 2 aromatic carbocycles. The summed E-state index contributed by atoms with van der Waals surface area (Å²) < 4.78 is 0. The first-order chi connectivity index (χ1) is 13.6. The van der Waals surface area contributed by atoms with Crippen LogP contribution >= 0.6 is 0 Å². The van der Waals surface area contributed by atoms with E-state index in [2.05, 4.69) is 10.5 Å². The van der Waals surface area contributed by atoms with E-state index in [1.54, 1.807) is 12.1 Å². The number of nitrogens with zero attached hydrogens (tertiary/aromatic N) is 3. The highest BCUT2D eigenvalue weighted by molar-refractivity contribution is 6.07. The van der Waals surface area contributed by atoms with Crippen molar-refractivity contribution in [1.82, 2.24) is 10.4 Å². The summed E-state index contributed by atoms with van der Waals surface area (Å²) in [6, 6.07) is 13.6. The summed E-state index contributed by atoms with van der Waals surface area (Å²) in [6.45, 7) is 0. The molecule has 1 aliphatic rings. The fourth-order valence-electron chi connectivity index (χ4n) is 3.54. The maximum absolute atomic E-state index is 12.9. The van der Waals surface area contributed by atoms with Crippen LogP contribution in [0.4, 0.5) is 5.69 Å². The largest absolute Gasteiger partial charge is 0.272 e. The summed E-state index contributed by atoms with van der Waals surface area (Å²) in [4.78, 5) is 27.9. The molecule has 28 heavy (non-hydrogen) atoms. The fraction of sp³-hybridized carbons (Fsp3) is 0.190. The van der Waals surface area contributed by atoms with Crippen molar-refractivity contribution in [2.75, 3.05) is 0 Å². The third-order valence-corrected chi connectivity index (χ3v) is 4.88. The van der Waals surface area contributed by atoms with Crippen molar-refractivity contribution in [3.8, 4) is 0 Å². The molecule has 1 heterocycles. The van der Waals surface area contributed by atoms with Crippen molar-refractivity contribution in [1.29, 1.82) is 0 Å². The number of carbonyl (C=O) groups excluding carboxylic acids is 1. The van der Waals surface area contributed by atoms with Gasteiger partial charge in [0.2, 0.25) is 0 Å². The average molecular weight is 374 g/mol. The number of nitro benzene ring substituents is 1. The number of non-ortho nitro benzene ring substituents is 1. The minimum absolute atomic E-state index is 0.0102. The third kappa shape index (κ3) is 3.46. The molecular formula is C21H18N4O3. The van der Waals surface area contributed by atoms with E-state index < -0.39 is 4.92 Å². The van der Waals surface area contributed by atoms with E-state index in [0.29, 0.717) is 11.1 Å². The molecule has 1 N–H and O–H groups in total. The molecule has 0 unspecified atom stereocenters. The Balaban J connectivity index is 1.61. The van der Waals surface area contributed by atoms with Crippen LogP contribution in [0.3, 0.4) is 0 Å². The second-order valence-corrected chi connectivity index (χ2v) is 6.68. The van der Waals surface area contributed by atoms with E-state index >= 15 is 0 Å². The number of amides is 1. The van der Waals surface area contributed by atoms with Crippen molar-refractivity contribution < 1.29 is 9.72 Å². The highest BCUT2D eigenvalue weighted by Gasteiger charge is 2.22. The Morgan fingerprint density at radius 3 is 2.64 bits per heavy atom. The van der Waals surface area contributed by atoms with Gasteiger partial charge < -0.3 is 0 Å². The number of rotatable bonds is 4. The number of nitrogens with one attached hydrogen (secondary N) is 1. The monoisotopic (exact) mass is 374 g/mol. The van der Waals surface area contributed by atoms with Gasteiger partial charge in [-0.15, -0.1) is 0 Å². The second-order valence-electron chi connectivity index (χ2n) is 6.68. The van der Waals surface area contributed by atoms with Gasteiger partial charge in [0, 0.05) is 23.2 Å². The second kappa shape index (κ2) is 7.56. The summed E-state index contributed by atoms with van der Waals surface area (Å²) in [5.41, 5.74) is 6.72. The van der Waals surface area contributed by atoms with Crippen molar-refractivity contribution in [3.63, 3.8) is 0 Å². The van der Waals surface area contributed by atoms with Crippen LogP contribution in [0.5, 0.6) is 0 Å². The van der Waals surface area contributed by atoms with Crippen LogP contribution < -0.4 is 5.43 Å². The van der Waals surface area contributed by atoms with Gasteiger partial charge in [0.25, 0.3) is 11.6 Å². The average Bonchev–Trinajstić information content (AvgIpc) is 2.72. The predicted octanol–water partition coefficient (Wildman–Crippen LogP) is 3.79. The molecule has 1 aliphatic carbocycles. The lowest BCUT2D eigenvalue weighted by Crippen LogP contribution is -2.22. The molecule has 0 saturated carbocycles. The number of hydrogen-bond acceptors (Lipinski definition) is 5. The summed E-state index contributed by atoms with van der Waals surface area (Å²) in [5, 5.41) is 15.6. The van der Waals surface area contributed by atoms with E-state index in [1.807, 2.05) is 24.3 Å². The van der Waals surface area contributed by atoms with E-state index in [4.69, 9.17) is 4.98 Å². The quantitative estimate of drug-likeness (QED) is 0.427. The highest BCUT2D eigenvalue weighted by Crippen LogP contribution is 2.29. The molecule has 0 aliphatic heterocycles. The normalized spacial score (nSPS) is 13.4. The van der Waals surface area contributed by atoms with Gasteiger partial charge in [-0.05, 0) is 55.0 Å². The molecule has 1 aromatic heterocycles. The van der Waals surface area contributed by atoms with Crippen LogP contribution in [-0.2, 0) is 12.8 Å². The third-order valence-electron chi connectivity index (χ3n) is 4.88. The van der Waals surface area contributed by atoms with Crippen molar-refractivity contribution in [3.05, 3.63) is 81.0 Å². The zero-order valence-corrected chi connectivity index (χ0v) is 15.1. The Kier molecular flexibility index (Phi) is 4.80. The van der Waals surface area contributed by atoms with Crippen LogP contribution in [0, 0.1) is 10.1 Å². The number of aromatic nitrogens is 1. The molecule has 0 fully saturated rings. The highest BCUT2D eigenvalue weighted by atomic mass is 16.6. The molecule has 0 saturated heterocycles. The van der Waals surface area contributed by atoms with Crippen LogP contribution in [-0.4, -0.2) is 22.0 Å². The number of aryl methyl sites for hydroxylation is 1. The molecule has 0 radical (unpaired) electrons. The molecule has 140 valence electrons. The van der Waals surface area contributed by atoms with E-state index in [0.717, 1.165) is 47.8 Å². The SMILES string of the molecule is O=C(N/N=C\c1ccc([N+](=O)[O-])cc1)c1c2c(nc3ccccc13)CCCC2. The number of pyridine rings is 1. The molecule has 7 heteroatoms. The number of fused-ring (bicyclic) bond motifs is 2. The molecule has 1 amide bonds. The molecule has 4 rings (SSSR count). The summed E-state index contributed by atoms with van der Waals surface area (Å²) in [5.74, 6) is -0.269. The molecule has 0 spiro atoms. The van der Waals surface area contributed by atoms with Gasteiger partial charge in [-0.2, -0.15) is 5.10 Å². The molecular weight excluding hydrogens is 356 g/mol. The Hall–Kier alpha value is -3.61. The first-order valence-electron chi connectivity index (χ1n) is 9.12. The Bertz CT molecular complexity index is 1090. The van der Waals surface area contributed by atoms with Gasteiger partial charge in [0.15, 0.2) is 0 Å². The first kappa shape index (κ1) is 17.8. The van der Waals surface area contributed by atoms with Crippen molar-refractivity contribution >= 4 is 28.7 Å². The van der Waals surface area contributed by atoms with Gasteiger partial charge >= 0.3 is 0 Å². The predicted molar refractivity (Wildman–Crippen MR) is 107 cm³/mol. The van der Waals surface area contributed by atoms with Crippen molar-refractivity contribution in [2.24, 2.45) is 5.10 Å². The lowest BCUT2D eigenvalue weighted by atomic mass is 9.89. The molecule has 7 nitrogen and oxygen atoms in total. The zero-order valence-electron chi connectivity index (χ0n) is 15.1. The van der Waals surface area contributed by atoms with Crippen molar-refractivity contribution in [2.45, 2.75) is 25.7 Å². The van der Waals surface area contributed by atoms with Gasteiger partial charge in [0.05, 0.1) is 22.2 Å². The number of benzene rings is 2. The standard InChI is InChI=1S/C21H18N4O3/c26-21(24-22-13-14-9-11-15(12-10-14)25(27)28)20-16-5-1-3-7-18(16)23-19-8-4-2-6-17(19)20/h1,3,5,7,9-13H,2,4,6,8H2,(H,24,26)/b22-13-. The van der Waals surface area contributed by atoms with Gasteiger partial charge in [-0.3, -0.25) is 19.9 Å². The van der Waals surface area contributed by atoms with Gasteiger partial charge in [-0.25, -0.2) is 5.43 Å². The van der Waals surface area contributed by atoms with E-state index in [1.165, 1.54) is 18.3 Å². The maximum atomic E-state index is 12.9.